The van der Waals surface area contributed by atoms with Crippen molar-refractivity contribution in [2.24, 2.45) is 23.7 Å². The lowest BCUT2D eigenvalue weighted by molar-refractivity contribution is -0.140. The first-order chi connectivity index (χ1) is 9.66. The summed E-state index contributed by atoms with van der Waals surface area (Å²) >= 11 is 0. The van der Waals surface area contributed by atoms with E-state index in [1.807, 2.05) is 25.1 Å². The van der Waals surface area contributed by atoms with Crippen molar-refractivity contribution >= 4 is 11.6 Å². The summed E-state index contributed by atoms with van der Waals surface area (Å²) in [6.07, 6.45) is 4.32. The van der Waals surface area contributed by atoms with Crippen LogP contribution in [0.4, 0.5) is 0 Å². The molecule has 0 bridgehead atoms. The Morgan fingerprint density at radius 2 is 1.90 bits per heavy atom. The maximum absolute atomic E-state index is 12.6. The summed E-state index contributed by atoms with van der Waals surface area (Å²) in [6, 6.07) is 10.2. The second-order valence-corrected chi connectivity index (χ2v) is 6.44. The molecule has 0 amide bonds. The second kappa shape index (κ2) is 5.51. The molecule has 0 saturated heterocycles. The van der Waals surface area contributed by atoms with Crippen LogP contribution in [0.3, 0.4) is 0 Å². The van der Waals surface area contributed by atoms with E-state index in [9.17, 15) is 9.59 Å². The summed E-state index contributed by atoms with van der Waals surface area (Å²) in [5, 5.41) is 0. The van der Waals surface area contributed by atoms with Crippen molar-refractivity contribution in [2.75, 3.05) is 0 Å². The van der Waals surface area contributed by atoms with Gasteiger partial charge >= 0.3 is 0 Å². The lowest BCUT2D eigenvalue weighted by Gasteiger charge is -2.41. The first-order valence-electron chi connectivity index (χ1n) is 7.77. The minimum atomic E-state index is 0.0377. The van der Waals surface area contributed by atoms with Crippen molar-refractivity contribution in [3.05, 3.63) is 35.9 Å². The Kier molecular flexibility index (Phi) is 3.73. The first-order valence-corrected chi connectivity index (χ1v) is 7.77. The zero-order valence-corrected chi connectivity index (χ0v) is 12.0. The fourth-order valence-electron chi connectivity index (χ4n) is 4.13. The smallest absolute Gasteiger partial charge is 0.139 e. The molecule has 4 atom stereocenters. The summed E-state index contributed by atoms with van der Waals surface area (Å²) in [6.45, 7) is 2.04. The van der Waals surface area contributed by atoms with Gasteiger partial charge in [-0.3, -0.25) is 9.59 Å². The largest absolute Gasteiger partial charge is 0.299 e. The van der Waals surface area contributed by atoms with Gasteiger partial charge in [0.15, 0.2) is 0 Å². The molecular weight excluding hydrogens is 248 g/mol. The summed E-state index contributed by atoms with van der Waals surface area (Å²) in [5.74, 6) is 1.34. The van der Waals surface area contributed by atoms with E-state index < -0.39 is 0 Å². The number of fused-ring (bicyclic) bond motifs is 1. The third kappa shape index (κ3) is 2.44. The first kappa shape index (κ1) is 13.5. The maximum atomic E-state index is 12.6. The molecule has 0 radical (unpaired) electrons. The minimum Gasteiger partial charge on any atom is -0.299 e. The number of benzene rings is 1. The number of carbonyl (C=O) groups excluding carboxylic acids is 2. The Labute approximate surface area is 120 Å². The Balaban J connectivity index is 1.78. The van der Waals surface area contributed by atoms with Gasteiger partial charge in [0.2, 0.25) is 0 Å². The highest BCUT2D eigenvalue weighted by Crippen LogP contribution is 2.43. The van der Waals surface area contributed by atoms with Crippen LogP contribution >= 0.6 is 0 Å². The van der Waals surface area contributed by atoms with Gasteiger partial charge in [-0.2, -0.15) is 0 Å². The van der Waals surface area contributed by atoms with Gasteiger partial charge in [-0.25, -0.2) is 0 Å². The lowest BCUT2D eigenvalue weighted by Crippen LogP contribution is -2.45. The third-order valence-corrected chi connectivity index (χ3v) is 5.25. The predicted molar refractivity (Wildman–Crippen MR) is 78.3 cm³/mol. The SMILES string of the molecule is C[C@H]1C(=O)[C@@H](Cc2ccccc2)C[C@H]2C(=O)CCC[C@H]12. The molecule has 3 rings (SSSR count). The fraction of sp³-hybridized carbons (Fsp3) is 0.556. The van der Waals surface area contributed by atoms with Gasteiger partial charge in [0, 0.05) is 24.2 Å². The molecule has 2 heteroatoms. The zero-order valence-electron chi connectivity index (χ0n) is 12.0. The molecule has 2 aliphatic rings. The van der Waals surface area contributed by atoms with Crippen LogP contribution < -0.4 is 0 Å². The van der Waals surface area contributed by atoms with E-state index in [-0.39, 0.29) is 17.8 Å². The topological polar surface area (TPSA) is 34.1 Å². The molecule has 1 aromatic rings. The van der Waals surface area contributed by atoms with Gasteiger partial charge < -0.3 is 0 Å². The number of hydrogen-bond donors (Lipinski definition) is 0. The van der Waals surface area contributed by atoms with Crippen molar-refractivity contribution < 1.29 is 9.59 Å². The van der Waals surface area contributed by atoms with Crippen molar-refractivity contribution in [1.29, 1.82) is 0 Å². The molecule has 0 unspecified atom stereocenters. The molecule has 106 valence electrons. The van der Waals surface area contributed by atoms with Gasteiger partial charge in [-0.05, 0) is 37.2 Å². The van der Waals surface area contributed by atoms with E-state index in [2.05, 4.69) is 12.1 Å². The van der Waals surface area contributed by atoms with Crippen LogP contribution in [-0.4, -0.2) is 11.6 Å². The number of ketones is 2. The number of Topliss-reactive ketones (excluding diaryl/α,β-unsaturated/α-hetero) is 2. The Morgan fingerprint density at radius 3 is 2.65 bits per heavy atom. The molecule has 20 heavy (non-hydrogen) atoms. The van der Waals surface area contributed by atoms with Crippen LogP contribution in [0.5, 0.6) is 0 Å². The summed E-state index contributed by atoms with van der Waals surface area (Å²) in [4.78, 5) is 24.7. The van der Waals surface area contributed by atoms with Gasteiger partial charge in [-0.15, -0.1) is 0 Å². The highest BCUT2D eigenvalue weighted by Gasteiger charge is 2.45. The van der Waals surface area contributed by atoms with Crippen LogP contribution in [0, 0.1) is 23.7 Å². The molecule has 0 heterocycles. The van der Waals surface area contributed by atoms with Crippen LogP contribution in [0.1, 0.15) is 38.2 Å². The molecule has 0 spiro atoms. The summed E-state index contributed by atoms with van der Waals surface area (Å²) in [5.41, 5.74) is 1.21. The van der Waals surface area contributed by atoms with E-state index in [0.717, 1.165) is 32.1 Å². The summed E-state index contributed by atoms with van der Waals surface area (Å²) < 4.78 is 0. The normalized spacial score (nSPS) is 33.9. The Hall–Kier alpha value is -1.44. The Bertz CT molecular complexity index is 505. The predicted octanol–water partition coefficient (Wildman–Crippen LogP) is 3.44. The summed E-state index contributed by atoms with van der Waals surface area (Å²) in [7, 11) is 0. The average molecular weight is 270 g/mol. The highest BCUT2D eigenvalue weighted by molar-refractivity contribution is 5.89. The van der Waals surface area contributed by atoms with Gasteiger partial charge in [0.05, 0.1) is 0 Å². The zero-order chi connectivity index (χ0) is 14.1. The van der Waals surface area contributed by atoms with E-state index in [1.54, 1.807) is 0 Å². The van der Waals surface area contributed by atoms with Crippen molar-refractivity contribution in [2.45, 2.75) is 39.0 Å². The van der Waals surface area contributed by atoms with Gasteiger partial charge in [0.25, 0.3) is 0 Å². The van der Waals surface area contributed by atoms with Crippen LogP contribution in [0.25, 0.3) is 0 Å². The van der Waals surface area contributed by atoms with E-state index in [1.165, 1.54) is 5.56 Å². The van der Waals surface area contributed by atoms with Crippen LogP contribution in [-0.2, 0) is 16.0 Å². The molecule has 2 aliphatic carbocycles. The van der Waals surface area contributed by atoms with E-state index in [4.69, 9.17) is 0 Å². The van der Waals surface area contributed by atoms with Crippen molar-refractivity contribution in [3.8, 4) is 0 Å². The van der Waals surface area contributed by atoms with Gasteiger partial charge in [0.1, 0.15) is 11.6 Å². The fourth-order valence-corrected chi connectivity index (χ4v) is 4.13. The molecule has 2 nitrogen and oxygen atoms in total. The standard InChI is InChI=1S/C18H22O2/c1-12-15-8-5-9-17(19)16(15)11-14(18(12)20)10-13-6-3-2-4-7-13/h2-4,6-7,12,14-16H,5,8-11H2,1H3/t12-,14+,15-,16-/m1/s1. The maximum Gasteiger partial charge on any atom is 0.139 e. The third-order valence-electron chi connectivity index (χ3n) is 5.25. The molecule has 2 fully saturated rings. The van der Waals surface area contributed by atoms with E-state index in [0.29, 0.717) is 17.5 Å². The van der Waals surface area contributed by atoms with Crippen LogP contribution in [0.15, 0.2) is 30.3 Å². The number of rotatable bonds is 2. The molecular formula is C18H22O2. The van der Waals surface area contributed by atoms with Crippen LogP contribution in [0.2, 0.25) is 0 Å². The lowest BCUT2D eigenvalue weighted by atomic mass is 9.61. The quantitative estimate of drug-likeness (QED) is 0.825. The monoisotopic (exact) mass is 270 g/mol. The van der Waals surface area contributed by atoms with E-state index >= 15 is 0 Å². The molecule has 0 N–H and O–H groups in total. The molecule has 0 aliphatic heterocycles. The Morgan fingerprint density at radius 1 is 1.15 bits per heavy atom. The number of carbonyl (C=O) groups is 2. The second-order valence-electron chi connectivity index (χ2n) is 6.44. The molecule has 0 aromatic heterocycles. The van der Waals surface area contributed by atoms with Crippen molar-refractivity contribution in [3.63, 3.8) is 0 Å². The highest BCUT2D eigenvalue weighted by atomic mass is 16.1. The molecule has 2 saturated carbocycles. The molecule has 1 aromatic carbocycles. The average Bonchev–Trinajstić information content (AvgIpc) is 2.47. The minimum absolute atomic E-state index is 0.0377. The van der Waals surface area contributed by atoms with Gasteiger partial charge in [-0.1, -0.05) is 37.3 Å². The number of hydrogen-bond acceptors (Lipinski definition) is 2. The van der Waals surface area contributed by atoms with Crippen molar-refractivity contribution in [1.82, 2.24) is 0 Å².